The highest BCUT2D eigenvalue weighted by Crippen LogP contribution is 2.30. The molecule has 17 nitrogen and oxygen atoms in total. The van der Waals surface area contributed by atoms with E-state index in [2.05, 4.69) is 41.9 Å². The lowest BCUT2D eigenvalue weighted by atomic mass is 10.1. The number of carbonyl (C=O) groups is 7. The van der Waals surface area contributed by atoms with Gasteiger partial charge in [-0.15, -0.1) is 11.8 Å². The summed E-state index contributed by atoms with van der Waals surface area (Å²) < 4.78 is 11.5. The Morgan fingerprint density at radius 2 is 1.68 bits per heavy atom. The summed E-state index contributed by atoms with van der Waals surface area (Å²) in [6.45, 7) is 4.01. The number of imide groups is 1. The van der Waals surface area contributed by atoms with Crippen molar-refractivity contribution in [1.82, 2.24) is 35.4 Å². The number of likely N-dealkylation sites (tertiary alicyclic amines) is 1. The Morgan fingerprint density at radius 3 is 2.40 bits per heavy atom. The summed E-state index contributed by atoms with van der Waals surface area (Å²) in [4.78, 5) is 98.5. The summed E-state index contributed by atoms with van der Waals surface area (Å²) in [5.74, 6) is -2.99. The van der Waals surface area contributed by atoms with Gasteiger partial charge in [0.25, 0.3) is 0 Å². The fraction of sp³-hybridized carbons (Fsp3) is 0.452. The van der Waals surface area contributed by atoms with Gasteiger partial charge in [0.15, 0.2) is 5.82 Å². The van der Waals surface area contributed by atoms with Crippen LogP contribution in [0, 0.1) is 5.92 Å². The van der Waals surface area contributed by atoms with Crippen LogP contribution in [0.1, 0.15) is 69.3 Å². The van der Waals surface area contributed by atoms with Gasteiger partial charge in [-0.2, -0.15) is 0 Å². The number of para-hydroxylation sites is 1. The van der Waals surface area contributed by atoms with Crippen LogP contribution in [0.5, 0.6) is 0 Å². The number of amides is 5. The number of nitrogens with zero attached hydrogens (tertiary/aromatic N) is 4. The number of hydrogen-bond donors (Lipinski definition) is 4. The lowest BCUT2D eigenvalue weighted by molar-refractivity contribution is -0.145. The zero-order chi connectivity index (χ0) is 43.3. The van der Waals surface area contributed by atoms with E-state index in [1.165, 1.54) is 7.11 Å². The van der Waals surface area contributed by atoms with E-state index >= 15 is 0 Å². The third-order valence-corrected chi connectivity index (χ3v) is 11.5. The number of carbonyl (C=O) groups excluding carboxylic acids is 7. The number of nitrogens with one attached hydrogen (secondary N) is 3. The van der Waals surface area contributed by atoms with Crippen molar-refractivity contribution in [3.63, 3.8) is 0 Å². The second-order valence-electron chi connectivity index (χ2n) is 14.6. The van der Waals surface area contributed by atoms with Gasteiger partial charge in [-0.1, -0.05) is 62.7 Å². The second-order valence-corrected chi connectivity index (χ2v) is 15.8. The molecular formula is C42H52N8O9S. The Kier molecular flexibility index (Phi) is 16.0. The van der Waals surface area contributed by atoms with Crippen molar-refractivity contribution in [3.8, 4) is 0 Å². The van der Waals surface area contributed by atoms with Gasteiger partial charge in [-0.25, -0.2) is 9.97 Å². The molecule has 3 atom stereocenters. The molecular weight excluding hydrogens is 793 g/mol. The first-order valence-corrected chi connectivity index (χ1v) is 20.9. The van der Waals surface area contributed by atoms with E-state index in [0.29, 0.717) is 17.9 Å². The van der Waals surface area contributed by atoms with Crippen molar-refractivity contribution in [1.29, 1.82) is 0 Å². The number of aromatic nitrogens is 3. The molecule has 1 saturated heterocycles. The Hall–Kier alpha value is -6.04. The number of anilines is 1. The third-order valence-electron chi connectivity index (χ3n) is 10.2. The number of unbranched alkanes of at least 4 members (excludes halogenated alkanes) is 1. The lowest BCUT2D eigenvalue weighted by Crippen LogP contribution is -2.49. The molecule has 2 aromatic carbocycles. The molecule has 2 aromatic heterocycles. The van der Waals surface area contributed by atoms with Crippen molar-refractivity contribution < 1.29 is 43.0 Å². The highest BCUT2D eigenvalue weighted by Gasteiger charge is 2.39. The lowest BCUT2D eigenvalue weighted by Gasteiger charge is -2.20. The fourth-order valence-corrected chi connectivity index (χ4v) is 7.94. The van der Waals surface area contributed by atoms with E-state index in [1.807, 2.05) is 48.5 Å². The van der Waals surface area contributed by atoms with Crippen LogP contribution >= 0.6 is 11.8 Å². The highest BCUT2D eigenvalue weighted by molar-refractivity contribution is 8.00. The van der Waals surface area contributed by atoms with E-state index < -0.39 is 59.3 Å². The Balaban J connectivity index is 1.13. The molecule has 1 fully saturated rings. The molecule has 1 aliphatic rings. The predicted molar refractivity (Wildman–Crippen MR) is 225 cm³/mol. The Morgan fingerprint density at radius 1 is 0.950 bits per heavy atom. The summed E-state index contributed by atoms with van der Waals surface area (Å²) in [6, 6.07) is 14.6. The molecule has 0 saturated carbocycles. The van der Waals surface area contributed by atoms with Crippen molar-refractivity contribution in [2.45, 2.75) is 83.2 Å². The van der Waals surface area contributed by atoms with Crippen molar-refractivity contribution in [3.05, 3.63) is 65.5 Å². The van der Waals surface area contributed by atoms with Crippen LogP contribution in [0.25, 0.3) is 21.9 Å². The standard InChI is InChI=1S/C42H52N8O9S/c1-5-6-11-32-48-37-38(28-9-7-8-10-29(28)47-39(37)43)50(32)23-27-15-13-26(14-16-27)21-44-33(51)18-19-49-35(53)20-31(41(49)56)60-24-30(40(55)45-22-36(54)58-3)46-34(52)17-12-25(2)42(57)59-4/h7-10,13-16,25,30-31H,5-6,11-12,17-24H2,1-4H3,(H2,43,47)(H,44,51)(H,45,55)(H,46,52)/t25-,30-,31?/m1/s1. The van der Waals surface area contributed by atoms with E-state index in [4.69, 9.17) is 10.7 Å². The van der Waals surface area contributed by atoms with Gasteiger partial charge in [-0.05, 0) is 30.0 Å². The number of nitrogen functional groups attached to an aromatic ring is 1. The van der Waals surface area contributed by atoms with Gasteiger partial charge in [0.2, 0.25) is 29.5 Å². The van der Waals surface area contributed by atoms with E-state index in [-0.39, 0.29) is 50.4 Å². The SMILES string of the molecule is CCCCc1nc2c(N)nc3ccccc3c2n1Cc1ccc(CNC(=O)CCN2C(=O)CC(SC[C@@H](NC(=O)CC[C@@H](C)C(=O)OC)C(=O)NCC(=O)OC)C2=O)cc1. The summed E-state index contributed by atoms with van der Waals surface area (Å²) >= 11 is 1.01. The average Bonchev–Trinajstić information content (AvgIpc) is 3.75. The van der Waals surface area contributed by atoms with E-state index in [1.54, 1.807) is 6.92 Å². The largest absolute Gasteiger partial charge is 0.469 e. The first-order chi connectivity index (χ1) is 28.8. The Bertz CT molecular complexity index is 2230. The number of methoxy groups -OCH3 is 2. The minimum atomic E-state index is -1.16. The smallest absolute Gasteiger partial charge is 0.325 e. The maximum atomic E-state index is 13.3. The van der Waals surface area contributed by atoms with Gasteiger partial charge in [0.05, 0.1) is 36.4 Å². The van der Waals surface area contributed by atoms with Gasteiger partial charge >= 0.3 is 11.9 Å². The molecule has 5 rings (SSSR count). The summed E-state index contributed by atoms with van der Waals surface area (Å²) in [5, 5.41) is 7.98. The summed E-state index contributed by atoms with van der Waals surface area (Å²) in [5.41, 5.74) is 10.7. The van der Waals surface area contributed by atoms with Crippen LogP contribution in [-0.2, 0) is 62.5 Å². The zero-order valence-electron chi connectivity index (χ0n) is 34.3. The zero-order valence-corrected chi connectivity index (χ0v) is 35.1. The minimum Gasteiger partial charge on any atom is -0.469 e. The minimum absolute atomic E-state index is 0.0834. The molecule has 1 unspecified atom stereocenters. The predicted octanol–water partition coefficient (Wildman–Crippen LogP) is 2.79. The number of esters is 2. The number of hydrogen-bond acceptors (Lipinski definition) is 13. The van der Waals surface area contributed by atoms with E-state index in [9.17, 15) is 33.6 Å². The number of nitrogens with two attached hydrogens (primary N) is 1. The molecule has 18 heteroatoms. The number of aryl methyl sites for hydroxylation is 1. The molecule has 3 heterocycles. The normalized spacial score (nSPS) is 14.9. The molecule has 1 aliphatic heterocycles. The van der Waals surface area contributed by atoms with Crippen LogP contribution in [-0.4, -0.2) is 105 Å². The van der Waals surface area contributed by atoms with Gasteiger partial charge in [-0.3, -0.25) is 38.5 Å². The summed E-state index contributed by atoms with van der Waals surface area (Å²) in [7, 11) is 2.41. The molecule has 0 spiro atoms. The second kappa shape index (κ2) is 21.3. The maximum Gasteiger partial charge on any atom is 0.325 e. The van der Waals surface area contributed by atoms with Crippen LogP contribution in [0.15, 0.2) is 48.5 Å². The molecule has 60 heavy (non-hydrogen) atoms. The average molecular weight is 845 g/mol. The number of pyridine rings is 1. The third kappa shape index (κ3) is 11.6. The monoisotopic (exact) mass is 844 g/mol. The number of benzene rings is 2. The molecule has 5 amide bonds. The van der Waals surface area contributed by atoms with Gasteiger partial charge in [0.1, 0.15) is 23.9 Å². The molecule has 0 radical (unpaired) electrons. The van der Waals surface area contributed by atoms with Crippen molar-refractivity contribution in [2.75, 3.05) is 38.8 Å². The molecule has 4 aromatic rings. The molecule has 320 valence electrons. The van der Waals surface area contributed by atoms with Gasteiger partial charge in [0, 0.05) is 56.5 Å². The first-order valence-electron chi connectivity index (χ1n) is 19.9. The maximum absolute atomic E-state index is 13.3. The topological polar surface area (TPSA) is 234 Å². The highest BCUT2D eigenvalue weighted by atomic mass is 32.2. The van der Waals surface area contributed by atoms with Crippen LogP contribution < -0.4 is 21.7 Å². The van der Waals surface area contributed by atoms with Crippen molar-refractivity contribution >= 4 is 81.0 Å². The van der Waals surface area contributed by atoms with Crippen LogP contribution in [0.4, 0.5) is 5.82 Å². The van der Waals surface area contributed by atoms with E-state index in [0.717, 1.165) is 76.4 Å². The molecule has 5 N–H and O–H groups in total. The first kappa shape index (κ1) is 45.1. The number of fused-ring (bicyclic) bond motifs is 3. The molecule has 0 bridgehead atoms. The Labute approximate surface area is 351 Å². The molecule has 0 aliphatic carbocycles. The van der Waals surface area contributed by atoms with Crippen LogP contribution in [0.3, 0.4) is 0 Å². The number of thioether (sulfide) groups is 1. The fourth-order valence-electron chi connectivity index (χ4n) is 6.75. The quantitative estimate of drug-likeness (QED) is 0.0699. The summed E-state index contributed by atoms with van der Waals surface area (Å²) in [6.07, 6.45) is 2.65. The van der Waals surface area contributed by atoms with Crippen molar-refractivity contribution in [2.24, 2.45) is 5.92 Å². The van der Waals surface area contributed by atoms with Gasteiger partial charge < -0.3 is 35.7 Å². The number of imidazole rings is 1. The number of ether oxygens (including phenoxy) is 2. The van der Waals surface area contributed by atoms with Crippen LogP contribution in [0.2, 0.25) is 0 Å². The number of rotatable bonds is 21.